The van der Waals surface area contributed by atoms with Gasteiger partial charge in [-0.15, -0.1) is 0 Å². The number of carbonyl (C=O) groups is 4. The Morgan fingerprint density at radius 2 is 1.73 bits per heavy atom. The summed E-state index contributed by atoms with van der Waals surface area (Å²) in [5, 5.41) is 5.66. The number of hydrogen-bond donors (Lipinski definition) is 2. The molecule has 0 bridgehead atoms. The lowest BCUT2D eigenvalue weighted by molar-refractivity contribution is -0.136. The fourth-order valence-corrected chi connectivity index (χ4v) is 5.56. The van der Waals surface area contributed by atoms with Crippen LogP contribution < -0.4 is 20.3 Å². The zero-order valence-corrected chi connectivity index (χ0v) is 22.6. The molecule has 206 valence electrons. The van der Waals surface area contributed by atoms with Gasteiger partial charge in [-0.25, -0.2) is 4.79 Å². The third-order valence-electron chi connectivity index (χ3n) is 7.66. The fourth-order valence-electron chi connectivity index (χ4n) is 5.56. The Balaban J connectivity index is 1.34. The predicted molar refractivity (Wildman–Crippen MR) is 150 cm³/mol. The number of methoxy groups -OCH3 is 1. The number of anilines is 1. The number of imide groups is 1. The van der Waals surface area contributed by atoms with Crippen molar-refractivity contribution in [1.82, 2.24) is 15.5 Å². The summed E-state index contributed by atoms with van der Waals surface area (Å²) in [5.41, 5.74) is 2.12. The highest BCUT2D eigenvalue weighted by atomic mass is 16.5. The Labute approximate surface area is 233 Å². The maximum absolute atomic E-state index is 13.6. The van der Waals surface area contributed by atoms with Gasteiger partial charge in [-0.05, 0) is 60.2 Å². The van der Waals surface area contributed by atoms with Gasteiger partial charge in [0.25, 0.3) is 5.91 Å². The molecule has 1 aliphatic carbocycles. The van der Waals surface area contributed by atoms with Crippen LogP contribution in [0.3, 0.4) is 0 Å². The van der Waals surface area contributed by atoms with Crippen molar-refractivity contribution in [3.8, 4) is 5.75 Å². The van der Waals surface area contributed by atoms with Gasteiger partial charge in [0.1, 0.15) is 23.9 Å². The monoisotopic (exact) mass is 540 g/mol. The number of fused-ring (bicyclic) bond motifs is 2. The Kier molecular flexibility index (Phi) is 7.55. The van der Waals surface area contributed by atoms with Crippen LogP contribution in [0.15, 0.2) is 78.9 Å². The lowest BCUT2D eigenvalue weighted by atomic mass is 9.76. The molecule has 1 heterocycles. The van der Waals surface area contributed by atoms with Crippen molar-refractivity contribution in [3.63, 3.8) is 0 Å². The maximum atomic E-state index is 13.6. The van der Waals surface area contributed by atoms with E-state index in [1.807, 2.05) is 54.6 Å². The largest absolute Gasteiger partial charge is 0.497 e. The number of benzene rings is 3. The summed E-state index contributed by atoms with van der Waals surface area (Å²) in [6.07, 6.45) is 2.28. The second kappa shape index (κ2) is 11.2. The molecule has 3 aromatic rings. The van der Waals surface area contributed by atoms with E-state index in [0.717, 1.165) is 34.4 Å². The molecule has 2 aliphatic rings. The molecule has 5 amide bonds. The number of carbonyl (C=O) groups excluding carboxylic acids is 4. The van der Waals surface area contributed by atoms with Gasteiger partial charge in [0.05, 0.1) is 7.11 Å². The smallest absolute Gasteiger partial charge is 0.325 e. The maximum Gasteiger partial charge on any atom is 0.325 e. The minimum Gasteiger partial charge on any atom is -0.497 e. The van der Waals surface area contributed by atoms with Crippen molar-refractivity contribution in [2.24, 2.45) is 0 Å². The number of aryl methyl sites for hydroxylation is 1. The third-order valence-corrected chi connectivity index (χ3v) is 7.66. The Morgan fingerprint density at radius 1 is 1.02 bits per heavy atom. The second-order valence-electron chi connectivity index (χ2n) is 10.1. The van der Waals surface area contributed by atoms with Crippen molar-refractivity contribution >= 4 is 29.4 Å². The number of hydrogen-bond acceptors (Lipinski definition) is 5. The van der Waals surface area contributed by atoms with Crippen LogP contribution >= 0.6 is 0 Å². The van der Waals surface area contributed by atoms with Gasteiger partial charge < -0.3 is 20.3 Å². The highest BCUT2D eigenvalue weighted by molar-refractivity contribution is 6.10. The molecule has 40 heavy (non-hydrogen) atoms. The highest BCUT2D eigenvalue weighted by Crippen LogP contribution is 2.39. The van der Waals surface area contributed by atoms with Crippen LogP contribution in [0, 0.1) is 0 Å². The molecule has 1 saturated heterocycles. The molecule has 0 aromatic heterocycles. The first kappa shape index (κ1) is 26.9. The third kappa shape index (κ3) is 5.14. The molecule has 2 atom stereocenters. The summed E-state index contributed by atoms with van der Waals surface area (Å²) in [4.78, 5) is 55.9. The highest BCUT2D eigenvalue weighted by Gasteiger charge is 2.54. The van der Waals surface area contributed by atoms with Crippen LogP contribution in [0.5, 0.6) is 5.75 Å². The number of urea groups is 1. The van der Waals surface area contributed by atoms with Crippen molar-refractivity contribution in [2.45, 2.75) is 37.3 Å². The van der Waals surface area contributed by atoms with Crippen molar-refractivity contribution in [3.05, 3.63) is 95.6 Å². The Morgan fingerprint density at radius 3 is 2.45 bits per heavy atom. The van der Waals surface area contributed by atoms with E-state index in [2.05, 4.69) is 10.6 Å². The first-order chi connectivity index (χ1) is 19.3. The van der Waals surface area contributed by atoms with E-state index in [0.29, 0.717) is 17.9 Å². The standard InChI is InChI=1S/C31H32N4O5/c1-34(23-14-16-24(40-2)17-15-23)28(37)26(19-21-9-4-3-5-10-21)32-27(36)20-35-29(38)31(33-30(35)39)18-8-12-22-11-6-7-13-25(22)31/h3-7,9-11,13-17,26H,8,12,18-20H2,1-2H3,(H,32,36)(H,33,39)/t26-,31?/m0/s1. The lowest BCUT2D eigenvalue weighted by Crippen LogP contribution is -2.52. The number of rotatable bonds is 8. The molecule has 9 nitrogen and oxygen atoms in total. The predicted octanol–water partition coefficient (Wildman–Crippen LogP) is 3.17. The Hall–Kier alpha value is -4.66. The van der Waals surface area contributed by atoms with Crippen LogP contribution in [0.4, 0.5) is 10.5 Å². The SMILES string of the molecule is COc1ccc(N(C)C(=O)[C@H](Cc2ccccc2)NC(=O)CN2C(=O)NC3(CCCc4ccccc43)C2=O)cc1. The van der Waals surface area contributed by atoms with Gasteiger partial charge in [0.15, 0.2) is 0 Å². The van der Waals surface area contributed by atoms with Crippen LogP contribution in [0.1, 0.15) is 29.5 Å². The summed E-state index contributed by atoms with van der Waals surface area (Å²) < 4.78 is 5.20. The van der Waals surface area contributed by atoms with Crippen molar-refractivity contribution in [1.29, 1.82) is 0 Å². The summed E-state index contributed by atoms with van der Waals surface area (Å²) in [5.74, 6) is -0.717. The summed E-state index contributed by atoms with van der Waals surface area (Å²) >= 11 is 0. The van der Waals surface area contributed by atoms with E-state index < -0.39 is 36.0 Å². The average molecular weight is 541 g/mol. The van der Waals surface area contributed by atoms with Gasteiger partial charge in [-0.1, -0.05) is 54.6 Å². The molecule has 1 unspecified atom stereocenters. The van der Waals surface area contributed by atoms with Gasteiger partial charge in [0.2, 0.25) is 11.8 Å². The number of nitrogens with one attached hydrogen (secondary N) is 2. The van der Waals surface area contributed by atoms with E-state index in [-0.39, 0.29) is 12.3 Å². The van der Waals surface area contributed by atoms with Crippen LogP contribution in [-0.2, 0) is 32.8 Å². The zero-order valence-electron chi connectivity index (χ0n) is 22.6. The molecule has 3 aromatic carbocycles. The minimum absolute atomic E-state index is 0.239. The minimum atomic E-state index is -1.17. The van der Waals surface area contributed by atoms with Crippen LogP contribution in [0.25, 0.3) is 0 Å². The molecular formula is C31H32N4O5. The topological polar surface area (TPSA) is 108 Å². The average Bonchev–Trinajstić information content (AvgIpc) is 3.21. The van der Waals surface area contributed by atoms with E-state index in [4.69, 9.17) is 4.74 Å². The first-order valence-electron chi connectivity index (χ1n) is 13.3. The second-order valence-corrected chi connectivity index (χ2v) is 10.1. The van der Waals surface area contributed by atoms with Gasteiger partial charge in [-0.2, -0.15) is 0 Å². The number of likely N-dealkylation sites (N-methyl/N-ethyl adjacent to an activating group) is 1. The Bertz CT molecular complexity index is 1430. The van der Waals surface area contributed by atoms with Gasteiger partial charge >= 0.3 is 6.03 Å². The summed E-state index contributed by atoms with van der Waals surface area (Å²) in [7, 11) is 3.20. The molecule has 9 heteroatoms. The summed E-state index contributed by atoms with van der Waals surface area (Å²) in [6.45, 7) is -0.487. The zero-order chi connectivity index (χ0) is 28.3. The number of ether oxygens (including phenoxy) is 1. The van der Waals surface area contributed by atoms with Crippen molar-refractivity contribution < 1.29 is 23.9 Å². The van der Waals surface area contributed by atoms with Crippen LogP contribution in [-0.4, -0.2) is 55.4 Å². The van der Waals surface area contributed by atoms with Crippen molar-refractivity contribution in [2.75, 3.05) is 25.6 Å². The molecule has 5 rings (SSSR count). The molecule has 1 aliphatic heterocycles. The molecule has 1 fully saturated rings. The van der Waals surface area contributed by atoms with E-state index in [9.17, 15) is 19.2 Å². The summed E-state index contributed by atoms with van der Waals surface area (Å²) in [6, 6.07) is 22.4. The molecule has 0 saturated carbocycles. The van der Waals surface area contributed by atoms with E-state index >= 15 is 0 Å². The molecule has 0 radical (unpaired) electrons. The lowest BCUT2D eigenvalue weighted by Gasteiger charge is -2.33. The number of nitrogens with zero attached hydrogens (tertiary/aromatic N) is 2. The molecule has 2 N–H and O–H groups in total. The van der Waals surface area contributed by atoms with E-state index in [1.165, 1.54) is 4.90 Å². The van der Waals surface area contributed by atoms with Gasteiger partial charge in [0, 0.05) is 19.2 Å². The number of amides is 5. The molecular weight excluding hydrogens is 508 g/mol. The normalized spacial score (nSPS) is 18.6. The molecule has 1 spiro atoms. The first-order valence-corrected chi connectivity index (χ1v) is 13.3. The van der Waals surface area contributed by atoms with Gasteiger partial charge in [-0.3, -0.25) is 19.3 Å². The van der Waals surface area contributed by atoms with E-state index in [1.54, 1.807) is 38.4 Å². The fraction of sp³-hybridized carbons (Fsp3) is 0.290. The quantitative estimate of drug-likeness (QED) is 0.427. The van der Waals surface area contributed by atoms with Crippen LogP contribution in [0.2, 0.25) is 0 Å².